The van der Waals surface area contributed by atoms with Crippen LogP contribution >= 0.6 is 0 Å². The molecule has 1 amide bonds. The monoisotopic (exact) mass is 372 g/mol. The van der Waals surface area contributed by atoms with Crippen LogP contribution in [0, 0.1) is 17.1 Å². The van der Waals surface area contributed by atoms with Gasteiger partial charge in [-0.2, -0.15) is 5.26 Å². The standard InChI is InChI=1S/C23H17FN2O2/c24-20-8-10-21(11-9-20)26-23(27)19(15-25)14-17-6-12-22(13-7-17)28-16-18-4-2-1-3-5-18/h1-14H,16H2,(H,26,27)/b19-14+. The van der Waals surface area contributed by atoms with Gasteiger partial charge in [-0.15, -0.1) is 0 Å². The lowest BCUT2D eigenvalue weighted by atomic mass is 10.1. The number of hydrogen-bond donors (Lipinski definition) is 1. The van der Waals surface area contributed by atoms with Crippen molar-refractivity contribution in [1.29, 1.82) is 5.26 Å². The first kappa shape index (κ1) is 18.9. The Balaban J connectivity index is 1.64. The molecule has 4 nitrogen and oxygen atoms in total. The molecule has 0 aliphatic rings. The second-order valence-electron chi connectivity index (χ2n) is 5.97. The molecule has 0 unspecified atom stereocenters. The maximum absolute atomic E-state index is 12.9. The molecule has 1 N–H and O–H groups in total. The first-order valence-corrected chi connectivity index (χ1v) is 8.59. The molecule has 3 aromatic carbocycles. The molecule has 0 bridgehead atoms. The van der Waals surface area contributed by atoms with E-state index in [0.717, 1.165) is 5.56 Å². The first-order valence-electron chi connectivity index (χ1n) is 8.59. The average molecular weight is 372 g/mol. The van der Waals surface area contributed by atoms with Crippen molar-refractivity contribution in [2.75, 3.05) is 5.32 Å². The van der Waals surface area contributed by atoms with Crippen LogP contribution in [0.1, 0.15) is 11.1 Å². The summed E-state index contributed by atoms with van der Waals surface area (Å²) in [5.74, 6) is -0.266. The van der Waals surface area contributed by atoms with Crippen molar-refractivity contribution in [3.63, 3.8) is 0 Å². The van der Waals surface area contributed by atoms with Gasteiger partial charge < -0.3 is 10.1 Å². The lowest BCUT2D eigenvalue weighted by molar-refractivity contribution is -0.112. The van der Waals surface area contributed by atoms with Gasteiger partial charge in [0.25, 0.3) is 5.91 Å². The Kier molecular flexibility index (Phi) is 6.17. The molecule has 0 radical (unpaired) electrons. The number of hydrogen-bond acceptors (Lipinski definition) is 3. The maximum atomic E-state index is 12.9. The lowest BCUT2D eigenvalue weighted by Crippen LogP contribution is -2.13. The Morgan fingerprint density at radius 3 is 2.32 bits per heavy atom. The van der Waals surface area contributed by atoms with E-state index in [1.807, 2.05) is 36.4 Å². The molecule has 3 aromatic rings. The predicted octanol–water partition coefficient (Wildman–Crippen LogP) is 4.95. The van der Waals surface area contributed by atoms with Gasteiger partial charge in [0.2, 0.25) is 0 Å². The van der Waals surface area contributed by atoms with Crippen LogP contribution in [0.25, 0.3) is 6.08 Å². The summed E-state index contributed by atoms with van der Waals surface area (Å²) in [6.07, 6.45) is 1.49. The molecule has 138 valence electrons. The number of nitrogens with one attached hydrogen (secondary N) is 1. The van der Waals surface area contributed by atoms with E-state index in [1.54, 1.807) is 24.3 Å². The van der Waals surface area contributed by atoms with E-state index in [4.69, 9.17) is 4.74 Å². The number of nitrogens with zero attached hydrogens (tertiary/aromatic N) is 1. The van der Waals surface area contributed by atoms with E-state index in [1.165, 1.54) is 30.3 Å². The van der Waals surface area contributed by atoms with E-state index in [9.17, 15) is 14.4 Å². The summed E-state index contributed by atoms with van der Waals surface area (Å²) in [5, 5.41) is 11.9. The van der Waals surface area contributed by atoms with Crippen LogP contribution in [0.3, 0.4) is 0 Å². The Hall–Kier alpha value is -3.91. The minimum atomic E-state index is -0.557. The SMILES string of the molecule is N#C/C(=C\c1ccc(OCc2ccccc2)cc1)C(=O)Nc1ccc(F)cc1. The summed E-state index contributed by atoms with van der Waals surface area (Å²) >= 11 is 0. The normalized spacial score (nSPS) is 10.8. The minimum absolute atomic E-state index is 0.0534. The van der Waals surface area contributed by atoms with Gasteiger partial charge in [-0.3, -0.25) is 4.79 Å². The highest BCUT2D eigenvalue weighted by molar-refractivity contribution is 6.09. The first-order chi connectivity index (χ1) is 13.6. The molecule has 5 heteroatoms. The zero-order valence-corrected chi connectivity index (χ0v) is 14.9. The number of anilines is 1. The van der Waals surface area contributed by atoms with Crippen LogP contribution in [-0.4, -0.2) is 5.91 Å². The molecule has 0 saturated heterocycles. The maximum Gasteiger partial charge on any atom is 0.266 e. The molecular weight excluding hydrogens is 355 g/mol. The van der Waals surface area contributed by atoms with Gasteiger partial charge >= 0.3 is 0 Å². The van der Waals surface area contributed by atoms with Crippen LogP contribution in [0.5, 0.6) is 5.75 Å². The van der Waals surface area contributed by atoms with Crippen molar-refractivity contribution in [2.45, 2.75) is 6.61 Å². The number of amides is 1. The largest absolute Gasteiger partial charge is 0.489 e. The van der Waals surface area contributed by atoms with E-state index in [0.29, 0.717) is 23.6 Å². The third-order valence-electron chi connectivity index (χ3n) is 3.91. The fourth-order valence-corrected chi connectivity index (χ4v) is 2.45. The van der Waals surface area contributed by atoms with Crippen molar-refractivity contribution in [2.24, 2.45) is 0 Å². The summed E-state index contributed by atoms with van der Waals surface area (Å²) < 4.78 is 18.7. The second kappa shape index (κ2) is 9.15. The molecule has 0 spiro atoms. The van der Waals surface area contributed by atoms with Gasteiger partial charge in [0, 0.05) is 5.69 Å². The molecule has 0 aromatic heterocycles. The molecule has 0 saturated carbocycles. The molecule has 28 heavy (non-hydrogen) atoms. The number of carbonyl (C=O) groups excluding carboxylic acids is 1. The summed E-state index contributed by atoms with van der Waals surface area (Å²) in [5.41, 5.74) is 2.12. The number of ether oxygens (including phenoxy) is 1. The topological polar surface area (TPSA) is 62.1 Å². The van der Waals surface area contributed by atoms with Gasteiger partial charge in [-0.1, -0.05) is 42.5 Å². The van der Waals surface area contributed by atoms with Crippen molar-refractivity contribution in [1.82, 2.24) is 0 Å². The van der Waals surface area contributed by atoms with Crippen LogP contribution in [-0.2, 0) is 11.4 Å². The number of rotatable bonds is 6. The number of benzene rings is 3. The molecule has 0 aliphatic heterocycles. The fraction of sp³-hybridized carbons (Fsp3) is 0.0435. The zero-order chi connectivity index (χ0) is 19.8. The van der Waals surface area contributed by atoms with Crippen LogP contribution in [0.2, 0.25) is 0 Å². The second-order valence-corrected chi connectivity index (χ2v) is 5.97. The third kappa shape index (κ3) is 5.29. The van der Waals surface area contributed by atoms with Crippen molar-refractivity contribution in [3.8, 4) is 11.8 Å². The molecule has 3 rings (SSSR count). The van der Waals surface area contributed by atoms with Crippen molar-refractivity contribution in [3.05, 3.63) is 101 Å². The molecule has 0 fully saturated rings. The Bertz CT molecular complexity index is 1010. The van der Waals surface area contributed by atoms with E-state index in [-0.39, 0.29) is 5.57 Å². The van der Waals surface area contributed by atoms with E-state index >= 15 is 0 Å². The Morgan fingerprint density at radius 1 is 1.00 bits per heavy atom. The molecular formula is C23H17FN2O2. The van der Waals surface area contributed by atoms with Gasteiger partial charge in [0.15, 0.2) is 0 Å². The molecule has 0 heterocycles. The van der Waals surface area contributed by atoms with E-state index in [2.05, 4.69) is 5.32 Å². The van der Waals surface area contributed by atoms with Crippen LogP contribution in [0.15, 0.2) is 84.4 Å². The Morgan fingerprint density at radius 2 is 1.68 bits per heavy atom. The quantitative estimate of drug-likeness (QED) is 0.492. The average Bonchev–Trinajstić information content (AvgIpc) is 2.73. The lowest BCUT2D eigenvalue weighted by Gasteiger charge is -2.07. The molecule has 0 atom stereocenters. The fourth-order valence-electron chi connectivity index (χ4n) is 2.45. The highest BCUT2D eigenvalue weighted by Crippen LogP contribution is 2.17. The Labute approximate surface area is 162 Å². The van der Waals surface area contributed by atoms with Crippen LogP contribution in [0.4, 0.5) is 10.1 Å². The van der Waals surface area contributed by atoms with Crippen molar-refractivity contribution < 1.29 is 13.9 Å². The summed E-state index contributed by atoms with van der Waals surface area (Å²) in [7, 11) is 0. The number of carbonyl (C=O) groups is 1. The minimum Gasteiger partial charge on any atom is -0.489 e. The van der Waals surface area contributed by atoms with Gasteiger partial charge in [0.1, 0.15) is 29.8 Å². The predicted molar refractivity (Wildman–Crippen MR) is 106 cm³/mol. The van der Waals surface area contributed by atoms with E-state index < -0.39 is 11.7 Å². The summed E-state index contributed by atoms with van der Waals surface area (Å²) in [6, 6.07) is 24.1. The van der Waals surface area contributed by atoms with Gasteiger partial charge in [-0.25, -0.2) is 4.39 Å². The summed E-state index contributed by atoms with van der Waals surface area (Å²) in [6.45, 7) is 0.458. The molecule has 0 aliphatic carbocycles. The van der Waals surface area contributed by atoms with Gasteiger partial charge in [0.05, 0.1) is 0 Å². The van der Waals surface area contributed by atoms with Crippen molar-refractivity contribution >= 4 is 17.7 Å². The third-order valence-corrected chi connectivity index (χ3v) is 3.91. The zero-order valence-electron chi connectivity index (χ0n) is 14.9. The number of halogens is 1. The summed E-state index contributed by atoms with van der Waals surface area (Å²) in [4.78, 5) is 12.2. The van der Waals surface area contributed by atoms with Gasteiger partial charge in [-0.05, 0) is 53.6 Å². The van der Waals surface area contributed by atoms with Crippen LogP contribution < -0.4 is 10.1 Å². The number of nitriles is 1. The highest BCUT2D eigenvalue weighted by Gasteiger charge is 2.09. The smallest absolute Gasteiger partial charge is 0.266 e. The highest BCUT2D eigenvalue weighted by atomic mass is 19.1.